The molecule has 0 amide bonds. The van der Waals surface area contributed by atoms with Gasteiger partial charge in [-0.05, 0) is 24.6 Å². The Morgan fingerprint density at radius 3 is 2.88 bits per heavy atom. The van der Waals surface area contributed by atoms with Crippen LogP contribution in [-0.4, -0.2) is 9.97 Å². The molecular weight excluding hydrogens is 216 g/mol. The first-order chi connectivity index (χ1) is 8.19. The fraction of sp³-hybridized carbons (Fsp3) is 0.0833. The minimum atomic E-state index is 0.150. The standard InChI is InChI=1S/C12H10N4O/c1-8-2-3-9(7-13)6-10(8)17-11-4-5-15-12(14)16-11/h2-6H,1H3,(H2,14,15,16). The predicted molar refractivity (Wildman–Crippen MR) is 62.4 cm³/mol. The average molecular weight is 226 g/mol. The van der Waals surface area contributed by atoms with Crippen molar-refractivity contribution in [2.24, 2.45) is 0 Å². The van der Waals surface area contributed by atoms with Crippen LogP contribution in [0.15, 0.2) is 30.5 Å². The second-order valence-electron chi connectivity index (χ2n) is 3.45. The van der Waals surface area contributed by atoms with Gasteiger partial charge in [0.25, 0.3) is 0 Å². The van der Waals surface area contributed by atoms with E-state index in [1.807, 2.05) is 13.0 Å². The van der Waals surface area contributed by atoms with Gasteiger partial charge in [0.1, 0.15) is 5.75 Å². The highest BCUT2D eigenvalue weighted by molar-refractivity contribution is 5.43. The number of rotatable bonds is 2. The van der Waals surface area contributed by atoms with Gasteiger partial charge in [0.05, 0.1) is 11.6 Å². The number of aromatic nitrogens is 2. The Kier molecular flexibility index (Phi) is 2.88. The molecule has 0 saturated heterocycles. The molecule has 5 heteroatoms. The van der Waals surface area contributed by atoms with Crippen LogP contribution in [0.5, 0.6) is 11.6 Å². The fourth-order valence-electron chi connectivity index (χ4n) is 1.31. The van der Waals surface area contributed by atoms with Crippen LogP contribution < -0.4 is 10.5 Å². The smallest absolute Gasteiger partial charge is 0.224 e. The molecule has 84 valence electrons. The van der Waals surface area contributed by atoms with Crippen LogP contribution in [0.1, 0.15) is 11.1 Å². The van der Waals surface area contributed by atoms with E-state index in [1.165, 1.54) is 6.20 Å². The van der Waals surface area contributed by atoms with Crippen molar-refractivity contribution in [2.45, 2.75) is 6.92 Å². The topological polar surface area (TPSA) is 84.8 Å². The van der Waals surface area contributed by atoms with Crippen LogP contribution in [0, 0.1) is 18.3 Å². The monoisotopic (exact) mass is 226 g/mol. The number of anilines is 1. The summed E-state index contributed by atoms with van der Waals surface area (Å²) in [5.74, 6) is 1.09. The maximum atomic E-state index is 8.81. The zero-order valence-electron chi connectivity index (χ0n) is 9.21. The molecule has 0 aliphatic rings. The highest BCUT2D eigenvalue weighted by Gasteiger charge is 2.04. The van der Waals surface area contributed by atoms with Crippen LogP contribution in [0.2, 0.25) is 0 Å². The second kappa shape index (κ2) is 4.49. The summed E-state index contributed by atoms with van der Waals surface area (Å²) in [6.07, 6.45) is 1.52. The van der Waals surface area contributed by atoms with E-state index in [4.69, 9.17) is 15.7 Å². The summed E-state index contributed by atoms with van der Waals surface area (Å²) in [5, 5.41) is 8.81. The molecule has 0 bridgehead atoms. The molecule has 0 unspecified atom stereocenters. The second-order valence-corrected chi connectivity index (χ2v) is 3.45. The van der Waals surface area contributed by atoms with Gasteiger partial charge in [-0.15, -0.1) is 0 Å². The van der Waals surface area contributed by atoms with Crippen LogP contribution in [0.4, 0.5) is 5.95 Å². The van der Waals surface area contributed by atoms with Gasteiger partial charge in [0.2, 0.25) is 11.8 Å². The molecule has 0 saturated carbocycles. The molecule has 0 aliphatic heterocycles. The molecule has 17 heavy (non-hydrogen) atoms. The van der Waals surface area contributed by atoms with Gasteiger partial charge in [-0.3, -0.25) is 0 Å². The average Bonchev–Trinajstić information content (AvgIpc) is 2.32. The summed E-state index contributed by atoms with van der Waals surface area (Å²) >= 11 is 0. The van der Waals surface area contributed by atoms with Crippen molar-refractivity contribution in [1.29, 1.82) is 5.26 Å². The molecule has 2 N–H and O–H groups in total. The van der Waals surface area contributed by atoms with Gasteiger partial charge in [-0.1, -0.05) is 6.07 Å². The Bertz CT molecular complexity index is 589. The Morgan fingerprint density at radius 2 is 2.18 bits per heavy atom. The maximum Gasteiger partial charge on any atom is 0.224 e. The summed E-state index contributed by atoms with van der Waals surface area (Å²) in [5.41, 5.74) is 6.90. The van der Waals surface area contributed by atoms with E-state index in [0.29, 0.717) is 17.2 Å². The van der Waals surface area contributed by atoms with E-state index >= 15 is 0 Å². The third kappa shape index (κ3) is 2.49. The number of ether oxygens (including phenoxy) is 1. The van der Waals surface area contributed by atoms with Crippen molar-refractivity contribution < 1.29 is 4.74 Å². The summed E-state index contributed by atoms with van der Waals surface area (Å²) in [6, 6.07) is 8.87. The van der Waals surface area contributed by atoms with Crippen molar-refractivity contribution >= 4 is 5.95 Å². The summed E-state index contributed by atoms with van der Waals surface area (Å²) in [4.78, 5) is 7.70. The maximum absolute atomic E-state index is 8.81. The van der Waals surface area contributed by atoms with E-state index < -0.39 is 0 Å². The number of nitrogens with zero attached hydrogens (tertiary/aromatic N) is 3. The normalized spacial score (nSPS) is 9.65. The van der Waals surface area contributed by atoms with Crippen LogP contribution in [0.25, 0.3) is 0 Å². The minimum Gasteiger partial charge on any atom is -0.439 e. The highest BCUT2D eigenvalue weighted by Crippen LogP contribution is 2.24. The van der Waals surface area contributed by atoms with Crippen LogP contribution in [-0.2, 0) is 0 Å². The summed E-state index contributed by atoms with van der Waals surface area (Å²) < 4.78 is 5.55. The van der Waals surface area contributed by atoms with Crippen molar-refractivity contribution in [3.05, 3.63) is 41.6 Å². The number of nitrogen functional groups attached to an aromatic ring is 1. The zero-order chi connectivity index (χ0) is 12.3. The summed E-state index contributed by atoms with van der Waals surface area (Å²) in [6.45, 7) is 1.89. The molecule has 0 spiro atoms. The lowest BCUT2D eigenvalue weighted by molar-refractivity contribution is 0.459. The number of hydrogen-bond acceptors (Lipinski definition) is 5. The van der Waals surface area contributed by atoms with Gasteiger partial charge >= 0.3 is 0 Å². The van der Waals surface area contributed by atoms with Crippen molar-refractivity contribution in [1.82, 2.24) is 9.97 Å². The molecule has 5 nitrogen and oxygen atoms in total. The molecule has 2 rings (SSSR count). The largest absolute Gasteiger partial charge is 0.439 e. The van der Waals surface area contributed by atoms with Crippen molar-refractivity contribution in [3.63, 3.8) is 0 Å². The lowest BCUT2D eigenvalue weighted by atomic mass is 10.1. The first-order valence-corrected chi connectivity index (χ1v) is 4.96. The molecule has 2 aromatic rings. The molecule has 0 aliphatic carbocycles. The van der Waals surface area contributed by atoms with Crippen molar-refractivity contribution in [3.8, 4) is 17.7 Å². The lowest BCUT2D eigenvalue weighted by Crippen LogP contribution is -1.97. The van der Waals surface area contributed by atoms with Gasteiger partial charge in [0, 0.05) is 12.3 Å². The SMILES string of the molecule is Cc1ccc(C#N)cc1Oc1ccnc(N)n1. The first kappa shape index (κ1) is 10.9. The first-order valence-electron chi connectivity index (χ1n) is 4.96. The van der Waals surface area contributed by atoms with Gasteiger partial charge in [-0.25, -0.2) is 4.98 Å². The molecular formula is C12H10N4O. The third-order valence-electron chi connectivity index (χ3n) is 2.18. The van der Waals surface area contributed by atoms with Gasteiger partial charge in [-0.2, -0.15) is 10.2 Å². The van der Waals surface area contributed by atoms with E-state index in [1.54, 1.807) is 18.2 Å². The molecule has 0 radical (unpaired) electrons. The molecule has 0 fully saturated rings. The van der Waals surface area contributed by atoms with Gasteiger partial charge < -0.3 is 10.5 Å². The zero-order valence-corrected chi connectivity index (χ0v) is 9.21. The Labute approximate surface area is 98.5 Å². The number of aryl methyl sites for hydroxylation is 1. The predicted octanol–water partition coefficient (Wildman–Crippen LogP) is 2.03. The van der Waals surface area contributed by atoms with E-state index in [0.717, 1.165) is 5.56 Å². The number of nitrogens with two attached hydrogens (primary N) is 1. The Hall–Kier alpha value is -2.61. The number of benzene rings is 1. The molecule has 1 aromatic heterocycles. The number of nitriles is 1. The quantitative estimate of drug-likeness (QED) is 0.846. The molecule has 1 aromatic carbocycles. The van der Waals surface area contributed by atoms with Gasteiger partial charge in [0.15, 0.2) is 0 Å². The number of hydrogen-bond donors (Lipinski definition) is 1. The molecule has 0 atom stereocenters. The Balaban J connectivity index is 2.33. The summed E-state index contributed by atoms with van der Waals surface area (Å²) in [7, 11) is 0. The fourth-order valence-corrected chi connectivity index (χ4v) is 1.31. The Morgan fingerprint density at radius 1 is 1.35 bits per heavy atom. The van der Waals surface area contributed by atoms with E-state index in [2.05, 4.69) is 16.0 Å². The van der Waals surface area contributed by atoms with E-state index in [9.17, 15) is 0 Å². The third-order valence-corrected chi connectivity index (χ3v) is 2.18. The van der Waals surface area contributed by atoms with Crippen LogP contribution in [0.3, 0.4) is 0 Å². The van der Waals surface area contributed by atoms with E-state index in [-0.39, 0.29) is 5.95 Å². The lowest BCUT2D eigenvalue weighted by Gasteiger charge is -2.07. The van der Waals surface area contributed by atoms with Crippen LogP contribution >= 0.6 is 0 Å². The van der Waals surface area contributed by atoms with Crippen molar-refractivity contribution in [2.75, 3.05) is 5.73 Å². The molecule has 1 heterocycles. The highest BCUT2D eigenvalue weighted by atomic mass is 16.5. The minimum absolute atomic E-state index is 0.150.